The molecule has 5 nitrogen and oxygen atoms in total. The Kier molecular flexibility index (Phi) is 4.14. The van der Waals surface area contributed by atoms with Crippen LogP contribution in [0.15, 0.2) is 18.2 Å². The highest BCUT2D eigenvalue weighted by atomic mass is 32.1. The maximum Gasteiger partial charge on any atom is 0.410 e. The lowest BCUT2D eigenvalue weighted by molar-refractivity contribution is 0.0240. The first-order chi connectivity index (χ1) is 10.8. The van der Waals surface area contributed by atoms with Crippen molar-refractivity contribution in [3.63, 3.8) is 0 Å². The molecular weight excluding hydrogens is 317 g/mol. The summed E-state index contributed by atoms with van der Waals surface area (Å²) in [4.78, 5) is 20.5. The molecule has 3 rings (SSSR count). The van der Waals surface area contributed by atoms with Gasteiger partial charge in [0.05, 0.1) is 10.2 Å². The van der Waals surface area contributed by atoms with E-state index in [1.807, 2.05) is 20.8 Å². The fourth-order valence-electron chi connectivity index (χ4n) is 2.43. The van der Waals surface area contributed by atoms with Crippen molar-refractivity contribution >= 4 is 32.8 Å². The zero-order valence-electron chi connectivity index (χ0n) is 13.5. The van der Waals surface area contributed by atoms with Crippen molar-refractivity contribution in [3.8, 4) is 0 Å². The van der Waals surface area contributed by atoms with Crippen LogP contribution in [0.3, 0.4) is 0 Å². The third kappa shape index (κ3) is 3.72. The second-order valence-electron chi connectivity index (χ2n) is 6.56. The van der Waals surface area contributed by atoms with Crippen LogP contribution in [0.25, 0.3) is 10.2 Å². The molecule has 0 unspecified atom stereocenters. The van der Waals surface area contributed by atoms with Crippen LogP contribution in [0.4, 0.5) is 14.3 Å². The molecule has 0 saturated carbocycles. The molecule has 1 aromatic heterocycles. The number of aromatic nitrogens is 1. The van der Waals surface area contributed by atoms with E-state index >= 15 is 0 Å². The van der Waals surface area contributed by atoms with Gasteiger partial charge in [0.1, 0.15) is 11.4 Å². The third-order valence-electron chi connectivity index (χ3n) is 3.54. The molecule has 1 amide bonds. The SMILES string of the molecule is CC(C)(C)OC(=O)N1CCN(c2nc3ccc(F)cc3s2)CC1. The number of carbonyl (C=O) groups excluding carboxylic acids is 1. The van der Waals surface area contributed by atoms with E-state index in [1.165, 1.54) is 23.5 Å². The Morgan fingerprint density at radius 3 is 2.61 bits per heavy atom. The maximum atomic E-state index is 13.3. The summed E-state index contributed by atoms with van der Waals surface area (Å²) < 4.78 is 19.5. The molecule has 0 spiro atoms. The lowest BCUT2D eigenvalue weighted by atomic mass is 10.2. The van der Waals surface area contributed by atoms with Crippen molar-refractivity contribution in [2.45, 2.75) is 26.4 Å². The summed E-state index contributed by atoms with van der Waals surface area (Å²) in [7, 11) is 0. The summed E-state index contributed by atoms with van der Waals surface area (Å²) in [6, 6.07) is 4.63. The highest BCUT2D eigenvalue weighted by molar-refractivity contribution is 7.22. The highest BCUT2D eigenvalue weighted by Crippen LogP contribution is 2.30. The number of halogens is 1. The molecule has 0 radical (unpaired) electrons. The molecule has 1 aliphatic rings. The summed E-state index contributed by atoms with van der Waals surface area (Å²) in [6.07, 6.45) is -0.275. The fraction of sp³-hybridized carbons (Fsp3) is 0.500. The number of hydrogen-bond donors (Lipinski definition) is 0. The average Bonchev–Trinajstić information content (AvgIpc) is 2.88. The van der Waals surface area contributed by atoms with Gasteiger partial charge in [-0.3, -0.25) is 0 Å². The average molecular weight is 337 g/mol. The van der Waals surface area contributed by atoms with Gasteiger partial charge in [-0.1, -0.05) is 11.3 Å². The normalized spacial score (nSPS) is 16.0. The molecule has 1 fully saturated rings. The summed E-state index contributed by atoms with van der Waals surface area (Å²) in [5.74, 6) is -0.248. The minimum Gasteiger partial charge on any atom is -0.444 e. The predicted molar refractivity (Wildman–Crippen MR) is 89.6 cm³/mol. The van der Waals surface area contributed by atoms with Crippen molar-refractivity contribution in [1.29, 1.82) is 0 Å². The molecule has 1 aromatic carbocycles. The van der Waals surface area contributed by atoms with E-state index < -0.39 is 5.60 Å². The van der Waals surface area contributed by atoms with Gasteiger partial charge in [0.25, 0.3) is 0 Å². The van der Waals surface area contributed by atoms with Gasteiger partial charge in [0, 0.05) is 26.2 Å². The molecule has 1 aliphatic heterocycles. The van der Waals surface area contributed by atoms with Crippen LogP contribution in [0.2, 0.25) is 0 Å². The van der Waals surface area contributed by atoms with Crippen molar-refractivity contribution in [3.05, 3.63) is 24.0 Å². The van der Waals surface area contributed by atoms with Crippen LogP contribution in [-0.4, -0.2) is 47.8 Å². The molecule has 2 heterocycles. The number of nitrogens with zero attached hydrogens (tertiary/aromatic N) is 3. The monoisotopic (exact) mass is 337 g/mol. The maximum absolute atomic E-state index is 13.3. The van der Waals surface area contributed by atoms with Gasteiger partial charge >= 0.3 is 6.09 Å². The minimum absolute atomic E-state index is 0.248. The lowest BCUT2D eigenvalue weighted by Gasteiger charge is -2.35. The molecule has 124 valence electrons. The first kappa shape index (κ1) is 16.0. The summed E-state index contributed by atoms with van der Waals surface area (Å²) in [6.45, 7) is 8.17. The molecule has 0 N–H and O–H groups in total. The number of anilines is 1. The van der Waals surface area contributed by atoms with Gasteiger partial charge in [-0.2, -0.15) is 0 Å². The van der Waals surface area contributed by atoms with E-state index in [0.29, 0.717) is 26.2 Å². The Labute approximate surface area is 138 Å². The first-order valence-corrected chi connectivity index (χ1v) is 8.42. The molecule has 7 heteroatoms. The molecule has 23 heavy (non-hydrogen) atoms. The standard InChI is InChI=1S/C16H20FN3O2S/c1-16(2,3)22-15(21)20-8-6-19(7-9-20)14-18-12-5-4-11(17)10-13(12)23-14/h4-5,10H,6-9H2,1-3H3. The fourth-order valence-corrected chi connectivity index (χ4v) is 3.47. The van der Waals surface area contributed by atoms with Gasteiger partial charge in [-0.25, -0.2) is 14.2 Å². The quantitative estimate of drug-likeness (QED) is 0.799. The van der Waals surface area contributed by atoms with E-state index in [1.54, 1.807) is 11.0 Å². The van der Waals surface area contributed by atoms with Gasteiger partial charge in [-0.15, -0.1) is 0 Å². The lowest BCUT2D eigenvalue weighted by Crippen LogP contribution is -2.50. The second kappa shape index (κ2) is 5.96. The van der Waals surface area contributed by atoms with Crippen molar-refractivity contribution < 1.29 is 13.9 Å². The largest absolute Gasteiger partial charge is 0.444 e. The predicted octanol–water partition coefficient (Wildman–Crippen LogP) is 3.49. The summed E-state index contributed by atoms with van der Waals surface area (Å²) in [5.41, 5.74) is 0.326. The Balaban J connectivity index is 1.65. The molecule has 2 aromatic rings. The zero-order valence-corrected chi connectivity index (χ0v) is 14.3. The van der Waals surface area contributed by atoms with Gasteiger partial charge in [0.15, 0.2) is 5.13 Å². The molecule has 0 aliphatic carbocycles. The number of piperazine rings is 1. The van der Waals surface area contributed by atoms with Crippen LogP contribution in [0, 0.1) is 5.82 Å². The van der Waals surface area contributed by atoms with Crippen LogP contribution in [0.1, 0.15) is 20.8 Å². The number of hydrogen-bond acceptors (Lipinski definition) is 5. The Hall–Kier alpha value is -1.89. The van der Waals surface area contributed by atoms with E-state index in [2.05, 4.69) is 9.88 Å². The van der Waals surface area contributed by atoms with E-state index in [9.17, 15) is 9.18 Å². The number of ether oxygens (including phenoxy) is 1. The Bertz CT molecular complexity index is 718. The smallest absolute Gasteiger partial charge is 0.410 e. The molecule has 0 bridgehead atoms. The van der Waals surface area contributed by atoms with E-state index in [-0.39, 0.29) is 11.9 Å². The first-order valence-electron chi connectivity index (χ1n) is 7.61. The number of fused-ring (bicyclic) bond motifs is 1. The van der Waals surface area contributed by atoms with Gasteiger partial charge < -0.3 is 14.5 Å². The molecule has 1 saturated heterocycles. The van der Waals surface area contributed by atoms with Crippen LogP contribution in [-0.2, 0) is 4.74 Å². The van der Waals surface area contributed by atoms with Gasteiger partial charge in [0.2, 0.25) is 0 Å². The topological polar surface area (TPSA) is 45.7 Å². The van der Waals surface area contributed by atoms with E-state index in [4.69, 9.17) is 4.74 Å². The zero-order chi connectivity index (χ0) is 16.6. The number of thiazole rings is 1. The third-order valence-corrected chi connectivity index (χ3v) is 4.62. The van der Waals surface area contributed by atoms with Crippen molar-refractivity contribution in [1.82, 2.24) is 9.88 Å². The van der Waals surface area contributed by atoms with Crippen LogP contribution >= 0.6 is 11.3 Å². The Morgan fingerprint density at radius 2 is 1.96 bits per heavy atom. The van der Waals surface area contributed by atoms with Crippen LogP contribution < -0.4 is 4.90 Å². The number of amides is 1. The summed E-state index contributed by atoms with van der Waals surface area (Å²) >= 11 is 1.48. The highest BCUT2D eigenvalue weighted by Gasteiger charge is 2.26. The molecule has 0 atom stereocenters. The number of carbonyl (C=O) groups is 1. The molecular formula is C16H20FN3O2S. The Morgan fingerprint density at radius 1 is 1.26 bits per heavy atom. The van der Waals surface area contributed by atoms with E-state index in [0.717, 1.165) is 15.3 Å². The van der Waals surface area contributed by atoms with Gasteiger partial charge in [-0.05, 0) is 39.0 Å². The second-order valence-corrected chi connectivity index (χ2v) is 7.57. The number of rotatable bonds is 1. The summed E-state index contributed by atoms with van der Waals surface area (Å²) in [5, 5.41) is 0.870. The minimum atomic E-state index is -0.481. The van der Waals surface area contributed by atoms with Crippen molar-refractivity contribution in [2.24, 2.45) is 0 Å². The van der Waals surface area contributed by atoms with Crippen molar-refractivity contribution in [2.75, 3.05) is 31.1 Å². The van der Waals surface area contributed by atoms with Crippen LogP contribution in [0.5, 0.6) is 0 Å². The number of benzene rings is 1.